The highest BCUT2D eigenvalue weighted by Crippen LogP contribution is 2.74. The van der Waals surface area contributed by atoms with Crippen molar-refractivity contribution >= 4 is 56.0 Å². The summed E-state index contributed by atoms with van der Waals surface area (Å²) < 4.78 is 0.434. The van der Waals surface area contributed by atoms with Crippen LogP contribution in [0.4, 0.5) is 11.4 Å². The molecular formula is C41H29BrN2O5. The molecule has 4 atom stereocenters. The van der Waals surface area contributed by atoms with E-state index in [-0.39, 0.29) is 17.2 Å². The zero-order valence-corrected chi connectivity index (χ0v) is 28.2. The number of Topliss-reactive ketones (excluding diaryl/α,β-unsaturated/α-hetero) is 1. The average molecular weight is 710 g/mol. The normalized spacial score (nSPS) is 24.1. The molecular weight excluding hydrogens is 680 g/mol. The third-order valence-electron chi connectivity index (χ3n) is 10.5. The van der Waals surface area contributed by atoms with E-state index < -0.39 is 39.4 Å². The van der Waals surface area contributed by atoms with E-state index in [0.29, 0.717) is 26.7 Å². The van der Waals surface area contributed by atoms with Crippen molar-refractivity contribution in [2.45, 2.75) is 24.7 Å². The Kier molecular flexibility index (Phi) is 6.94. The maximum absolute atomic E-state index is 16.0. The largest absolute Gasteiger partial charge is 0.297 e. The van der Waals surface area contributed by atoms with E-state index in [2.05, 4.69) is 15.9 Å². The predicted molar refractivity (Wildman–Crippen MR) is 191 cm³/mol. The molecule has 5 aromatic carbocycles. The molecule has 3 aliphatic rings. The first-order valence-corrected chi connectivity index (χ1v) is 16.8. The number of fused-ring (bicyclic) bond motifs is 5. The molecule has 0 spiro atoms. The van der Waals surface area contributed by atoms with Gasteiger partial charge in [0, 0.05) is 10.5 Å². The summed E-state index contributed by atoms with van der Waals surface area (Å²) in [7, 11) is 0. The quantitative estimate of drug-likeness (QED) is 0.101. The number of hydrogen-bond acceptors (Lipinski definition) is 5. The summed E-state index contributed by atoms with van der Waals surface area (Å²) in [4.78, 5) is 59.0. The number of imide groups is 1. The molecule has 1 heterocycles. The Hall–Kier alpha value is -5.47. The Balaban J connectivity index is 1.55. The van der Waals surface area contributed by atoms with Crippen LogP contribution in [0.15, 0.2) is 132 Å². The molecule has 1 saturated carbocycles. The van der Waals surface area contributed by atoms with E-state index in [1.807, 2.05) is 123 Å². The summed E-state index contributed by atoms with van der Waals surface area (Å²) in [6.45, 7) is 3.98. The van der Waals surface area contributed by atoms with E-state index in [0.717, 1.165) is 27.2 Å². The van der Waals surface area contributed by atoms with Crippen LogP contribution < -0.4 is 4.90 Å². The van der Waals surface area contributed by atoms with E-state index in [9.17, 15) is 10.1 Å². The Labute approximate surface area is 291 Å². The summed E-state index contributed by atoms with van der Waals surface area (Å²) in [5.41, 5.74) is 2.43. The lowest BCUT2D eigenvalue weighted by molar-refractivity contribution is -0.384. The zero-order chi connectivity index (χ0) is 34.2. The van der Waals surface area contributed by atoms with Crippen molar-refractivity contribution in [1.82, 2.24) is 0 Å². The van der Waals surface area contributed by atoms with Crippen LogP contribution in [-0.2, 0) is 25.2 Å². The number of aryl methyl sites for hydroxylation is 2. The van der Waals surface area contributed by atoms with Crippen LogP contribution in [0.5, 0.6) is 0 Å². The second-order valence-electron chi connectivity index (χ2n) is 13.0. The number of carbonyl (C=O) groups excluding carboxylic acids is 3. The Morgan fingerprint density at radius 2 is 1.06 bits per heavy atom. The van der Waals surface area contributed by atoms with Crippen LogP contribution in [0.3, 0.4) is 0 Å². The van der Waals surface area contributed by atoms with Gasteiger partial charge in [0.05, 0.1) is 27.6 Å². The summed E-state index contributed by atoms with van der Waals surface area (Å²) in [5.74, 6) is -3.87. The van der Waals surface area contributed by atoms with Gasteiger partial charge in [-0.1, -0.05) is 136 Å². The zero-order valence-electron chi connectivity index (χ0n) is 26.6. The van der Waals surface area contributed by atoms with Gasteiger partial charge in [-0.2, -0.15) is 0 Å². The standard InChI is InChI=1S/C41H29BrN2O5/c1-24-13-17-26(18-14-24)33-34(27-19-15-25(2)16-20-27)41(29-11-7-4-8-12-29)36-35(40(33,39(41)47)28-9-5-3-6-10-28)37(45)43(38(36)46)31-22-21-30(42)23-32(31)44(48)49/h3-23,35-36H,1-2H3/t35-,36-,40-,41-/m1/s1. The molecule has 240 valence electrons. The number of hydrogen-bond donors (Lipinski definition) is 0. The number of carbonyl (C=O) groups is 3. The maximum atomic E-state index is 16.0. The van der Waals surface area contributed by atoms with E-state index in [1.54, 1.807) is 6.07 Å². The van der Waals surface area contributed by atoms with Crippen LogP contribution in [0.1, 0.15) is 33.4 Å². The molecule has 1 aliphatic heterocycles. The van der Waals surface area contributed by atoms with Gasteiger partial charge < -0.3 is 0 Å². The summed E-state index contributed by atoms with van der Waals surface area (Å²) >= 11 is 3.30. The van der Waals surface area contributed by atoms with Crippen LogP contribution in [0.2, 0.25) is 0 Å². The lowest BCUT2D eigenvalue weighted by atomic mass is 9.59. The Morgan fingerprint density at radius 3 is 1.47 bits per heavy atom. The molecule has 2 aliphatic carbocycles. The fourth-order valence-corrected chi connectivity index (χ4v) is 8.98. The molecule has 0 N–H and O–H groups in total. The minimum absolute atomic E-state index is 0.121. The van der Waals surface area contributed by atoms with Gasteiger partial charge in [0.25, 0.3) is 5.69 Å². The number of nitrogens with zero attached hydrogens (tertiary/aromatic N) is 2. The maximum Gasteiger partial charge on any atom is 0.294 e. The molecule has 1 saturated heterocycles. The fourth-order valence-electron chi connectivity index (χ4n) is 8.63. The van der Waals surface area contributed by atoms with Crippen molar-refractivity contribution in [1.29, 1.82) is 0 Å². The molecule has 2 amide bonds. The number of benzene rings is 5. The number of nitro groups is 1. The molecule has 0 unspecified atom stereocenters. The van der Waals surface area contributed by atoms with Crippen molar-refractivity contribution in [3.05, 3.63) is 175 Å². The molecule has 49 heavy (non-hydrogen) atoms. The number of ketones is 1. The van der Waals surface area contributed by atoms with Crippen LogP contribution >= 0.6 is 15.9 Å². The summed E-state index contributed by atoms with van der Waals surface area (Å²) in [6, 6.07) is 38.6. The van der Waals surface area contributed by atoms with E-state index in [1.165, 1.54) is 12.1 Å². The number of anilines is 1. The smallest absolute Gasteiger partial charge is 0.294 e. The van der Waals surface area contributed by atoms with E-state index >= 15 is 14.4 Å². The number of halogens is 1. The van der Waals surface area contributed by atoms with Gasteiger partial charge in [-0.25, -0.2) is 4.90 Å². The van der Waals surface area contributed by atoms with Crippen molar-refractivity contribution in [2.75, 3.05) is 4.90 Å². The number of rotatable bonds is 6. The van der Waals surface area contributed by atoms with Gasteiger partial charge in [0.2, 0.25) is 11.8 Å². The molecule has 2 bridgehead atoms. The monoisotopic (exact) mass is 708 g/mol. The molecule has 0 radical (unpaired) electrons. The first kappa shape index (κ1) is 30.8. The van der Waals surface area contributed by atoms with Gasteiger partial charge in [0.1, 0.15) is 5.69 Å². The SMILES string of the molecule is Cc1ccc(C2=C(c3ccc(C)cc3)[C@@]3(c4ccccc4)C(=O)[C@@]2(c2ccccc2)[C@H]2C(=O)N(c4ccc(Br)cc4[N+](=O)[O-])C(=O)[C@@H]23)cc1. The molecule has 8 rings (SSSR count). The van der Waals surface area contributed by atoms with Gasteiger partial charge in [-0.15, -0.1) is 0 Å². The first-order valence-electron chi connectivity index (χ1n) is 16.0. The third kappa shape index (κ3) is 4.04. The second-order valence-corrected chi connectivity index (χ2v) is 13.9. The molecule has 0 aromatic heterocycles. The van der Waals surface area contributed by atoms with Gasteiger partial charge in [-0.3, -0.25) is 24.5 Å². The lowest BCUT2D eigenvalue weighted by Crippen LogP contribution is -2.45. The minimum Gasteiger partial charge on any atom is -0.297 e. The molecule has 2 fully saturated rings. The fraction of sp³-hybridized carbons (Fsp3) is 0.146. The second kappa shape index (κ2) is 11.0. The number of allylic oxidation sites excluding steroid dienone is 2. The van der Waals surface area contributed by atoms with Crippen molar-refractivity contribution in [3.8, 4) is 0 Å². The first-order chi connectivity index (χ1) is 23.6. The van der Waals surface area contributed by atoms with E-state index in [4.69, 9.17) is 0 Å². The molecule has 5 aromatic rings. The molecule has 7 nitrogen and oxygen atoms in total. The van der Waals surface area contributed by atoms with Gasteiger partial charge >= 0.3 is 0 Å². The lowest BCUT2D eigenvalue weighted by Gasteiger charge is -2.39. The van der Waals surface area contributed by atoms with Crippen LogP contribution in [0, 0.1) is 35.8 Å². The summed E-state index contributed by atoms with van der Waals surface area (Å²) in [5, 5.41) is 12.4. The number of amides is 2. The van der Waals surface area contributed by atoms with Crippen LogP contribution in [0.25, 0.3) is 11.1 Å². The highest BCUT2D eigenvalue weighted by atomic mass is 79.9. The third-order valence-corrected chi connectivity index (χ3v) is 11.0. The summed E-state index contributed by atoms with van der Waals surface area (Å²) in [6.07, 6.45) is 0. The topological polar surface area (TPSA) is 97.6 Å². The minimum atomic E-state index is -1.59. The van der Waals surface area contributed by atoms with Crippen molar-refractivity contribution in [3.63, 3.8) is 0 Å². The average Bonchev–Trinajstić information content (AvgIpc) is 3.62. The number of nitro benzene ring substituents is 1. The van der Waals surface area contributed by atoms with Crippen molar-refractivity contribution < 1.29 is 19.3 Å². The Morgan fingerprint density at radius 1 is 0.633 bits per heavy atom. The van der Waals surface area contributed by atoms with Gasteiger partial charge in [-0.05, 0) is 59.4 Å². The Bertz CT molecular complexity index is 2120. The predicted octanol–water partition coefficient (Wildman–Crippen LogP) is 8.16. The van der Waals surface area contributed by atoms with Crippen LogP contribution in [-0.4, -0.2) is 22.5 Å². The highest BCUT2D eigenvalue weighted by Gasteiger charge is 2.83. The van der Waals surface area contributed by atoms with Crippen molar-refractivity contribution in [2.24, 2.45) is 11.8 Å². The van der Waals surface area contributed by atoms with Gasteiger partial charge in [0.15, 0.2) is 5.78 Å². The highest BCUT2D eigenvalue weighted by molar-refractivity contribution is 9.10. The molecule has 8 heteroatoms.